The van der Waals surface area contributed by atoms with Crippen molar-refractivity contribution in [3.63, 3.8) is 0 Å². The highest BCUT2D eigenvalue weighted by atomic mass is 79.9. The SMILES string of the molecule is OB(O)Oc1c(Br)c(Br)c(Br)c(Br)c1Br. The van der Waals surface area contributed by atoms with E-state index in [2.05, 4.69) is 79.6 Å². The molecular formula is C6H2BBr5O3. The standard InChI is InChI=1S/C6H2BBr5O3/c8-1-2(9)4(11)6(15-7(13)14)5(12)3(1)10/h13-14H. The van der Waals surface area contributed by atoms with E-state index in [9.17, 15) is 0 Å². The van der Waals surface area contributed by atoms with Crippen molar-refractivity contribution in [3.8, 4) is 5.75 Å². The van der Waals surface area contributed by atoms with Crippen molar-refractivity contribution in [1.82, 2.24) is 0 Å². The fraction of sp³-hybridized carbons (Fsp3) is 0. The molecule has 0 bridgehead atoms. The Morgan fingerprint density at radius 3 is 1.40 bits per heavy atom. The fourth-order valence-electron chi connectivity index (χ4n) is 0.794. The summed E-state index contributed by atoms with van der Waals surface area (Å²) in [7, 11) is -1.88. The van der Waals surface area contributed by atoms with Crippen molar-refractivity contribution in [2.24, 2.45) is 0 Å². The molecule has 0 saturated heterocycles. The number of hydrogen-bond acceptors (Lipinski definition) is 3. The average Bonchev–Trinajstić information content (AvgIpc) is 2.18. The lowest BCUT2D eigenvalue weighted by Gasteiger charge is -2.14. The molecule has 3 nitrogen and oxygen atoms in total. The van der Waals surface area contributed by atoms with E-state index in [4.69, 9.17) is 14.7 Å². The van der Waals surface area contributed by atoms with Gasteiger partial charge in [0.15, 0.2) is 0 Å². The van der Waals surface area contributed by atoms with Crippen LogP contribution in [0.5, 0.6) is 5.75 Å². The number of rotatable bonds is 2. The van der Waals surface area contributed by atoms with Crippen LogP contribution in [0.15, 0.2) is 22.4 Å². The van der Waals surface area contributed by atoms with Gasteiger partial charge in [-0.15, -0.1) is 0 Å². The second-order valence-electron chi connectivity index (χ2n) is 2.34. The second kappa shape index (κ2) is 5.84. The predicted octanol–water partition coefficient (Wildman–Crippen LogP) is 3.85. The minimum absolute atomic E-state index is 0.284. The summed E-state index contributed by atoms with van der Waals surface area (Å²) in [6.45, 7) is 0. The fourth-order valence-corrected chi connectivity index (χ4v) is 3.99. The van der Waals surface area contributed by atoms with Crippen molar-refractivity contribution < 1.29 is 14.7 Å². The molecule has 2 N–H and O–H groups in total. The Morgan fingerprint density at radius 2 is 1.07 bits per heavy atom. The first-order valence-electron chi connectivity index (χ1n) is 3.40. The lowest BCUT2D eigenvalue weighted by Crippen LogP contribution is -2.21. The maximum absolute atomic E-state index is 8.76. The highest BCUT2D eigenvalue weighted by molar-refractivity contribution is 9.15. The predicted molar refractivity (Wildman–Crippen MR) is 75.8 cm³/mol. The van der Waals surface area contributed by atoms with Crippen molar-refractivity contribution >= 4 is 87.0 Å². The van der Waals surface area contributed by atoms with Gasteiger partial charge in [-0.2, -0.15) is 0 Å². The van der Waals surface area contributed by atoms with Crippen molar-refractivity contribution in [2.75, 3.05) is 0 Å². The molecule has 1 aromatic carbocycles. The molecule has 0 fully saturated rings. The molecule has 82 valence electrons. The molecule has 0 aliphatic rings. The molecule has 1 aromatic rings. The molecule has 0 aliphatic heterocycles. The second-order valence-corrected chi connectivity index (χ2v) is 6.31. The van der Waals surface area contributed by atoms with Gasteiger partial charge in [0, 0.05) is 4.47 Å². The summed E-state index contributed by atoms with van der Waals surface area (Å²) in [5, 5.41) is 17.5. The average molecular weight is 532 g/mol. The van der Waals surface area contributed by atoms with Gasteiger partial charge in [0.2, 0.25) is 0 Å². The van der Waals surface area contributed by atoms with Crippen LogP contribution in [-0.4, -0.2) is 17.4 Å². The van der Waals surface area contributed by atoms with Crippen LogP contribution in [0.4, 0.5) is 0 Å². The van der Waals surface area contributed by atoms with Gasteiger partial charge in [-0.3, -0.25) is 0 Å². The highest BCUT2D eigenvalue weighted by Crippen LogP contribution is 2.48. The van der Waals surface area contributed by atoms with E-state index in [1.807, 2.05) is 0 Å². The lowest BCUT2D eigenvalue weighted by atomic mass is 10.2. The van der Waals surface area contributed by atoms with Crippen LogP contribution in [0, 0.1) is 0 Å². The quantitative estimate of drug-likeness (QED) is 0.346. The summed E-state index contributed by atoms with van der Waals surface area (Å²) in [4.78, 5) is 0. The van der Waals surface area contributed by atoms with Crippen LogP contribution in [0.3, 0.4) is 0 Å². The lowest BCUT2D eigenvalue weighted by molar-refractivity contribution is 0.286. The molecule has 0 aliphatic carbocycles. The van der Waals surface area contributed by atoms with E-state index in [-0.39, 0.29) is 5.75 Å². The van der Waals surface area contributed by atoms with Crippen LogP contribution in [0.1, 0.15) is 0 Å². The van der Waals surface area contributed by atoms with Gasteiger partial charge < -0.3 is 14.7 Å². The topological polar surface area (TPSA) is 49.7 Å². The van der Waals surface area contributed by atoms with Crippen LogP contribution in [0.25, 0.3) is 0 Å². The Labute approximate surface area is 128 Å². The van der Waals surface area contributed by atoms with Crippen LogP contribution in [0.2, 0.25) is 0 Å². The summed E-state index contributed by atoms with van der Waals surface area (Å²) in [6.07, 6.45) is 0. The van der Waals surface area contributed by atoms with E-state index in [1.165, 1.54) is 0 Å². The maximum Gasteiger partial charge on any atom is 0.707 e. The van der Waals surface area contributed by atoms with Gasteiger partial charge in [0.05, 0.1) is 17.9 Å². The number of benzene rings is 1. The Kier molecular flexibility index (Phi) is 5.63. The van der Waals surface area contributed by atoms with Gasteiger partial charge in [0.1, 0.15) is 5.75 Å². The molecule has 0 radical (unpaired) electrons. The summed E-state index contributed by atoms with van der Waals surface area (Å²) in [5.74, 6) is 0.284. The third kappa shape index (κ3) is 3.20. The Balaban J connectivity index is 3.39. The molecule has 15 heavy (non-hydrogen) atoms. The summed E-state index contributed by atoms with van der Waals surface area (Å²) in [6, 6.07) is 0. The Morgan fingerprint density at radius 1 is 0.733 bits per heavy atom. The van der Waals surface area contributed by atoms with E-state index < -0.39 is 7.32 Å². The van der Waals surface area contributed by atoms with E-state index in [0.717, 1.165) is 4.47 Å². The van der Waals surface area contributed by atoms with E-state index >= 15 is 0 Å². The first-order chi connectivity index (χ1) is 6.86. The molecule has 0 saturated carbocycles. The van der Waals surface area contributed by atoms with E-state index in [1.54, 1.807) is 0 Å². The van der Waals surface area contributed by atoms with Crippen LogP contribution in [-0.2, 0) is 0 Å². The summed E-state index contributed by atoms with van der Waals surface area (Å²) < 4.78 is 8.15. The summed E-state index contributed by atoms with van der Waals surface area (Å²) >= 11 is 16.5. The zero-order chi connectivity index (χ0) is 11.7. The molecule has 0 aromatic heterocycles. The molecule has 0 amide bonds. The number of halogens is 5. The largest absolute Gasteiger partial charge is 0.707 e. The molecule has 0 heterocycles. The zero-order valence-electron chi connectivity index (χ0n) is 6.77. The van der Waals surface area contributed by atoms with Gasteiger partial charge in [-0.05, 0) is 79.6 Å². The first kappa shape index (κ1) is 14.5. The molecule has 1 rings (SSSR count). The molecule has 0 spiro atoms. The molecule has 9 heteroatoms. The van der Waals surface area contributed by atoms with Gasteiger partial charge >= 0.3 is 7.32 Å². The highest BCUT2D eigenvalue weighted by Gasteiger charge is 2.22. The smallest absolute Gasteiger partial charge is 0.510 e. The zero-order valence-corrected chi connectivity index (χ0v) is 14.7. The normalized spacial score (nSPS) is 10.3. The van der Waals surface area contributed by atoms with Gasteiger partial charge in [-0.25, -0.2) is 0 Å². The minimum atomic E-state index is -1.88. The van der Waals surface area contributed by atoms with Crippen molar-refractivity contribution in [2.45, 2.75) is 0 Å². The molecule has 0 atom stereocenters. The maximum atomic E-state index is 8.76. The van der Waals surface area contributed by atoms with Crippen molar-refractivity contribution in [3.05, 3.63) is 22.4 Å². The third-order valence-electron chi connectivity index (χ3n) is 1.39. The van der Waals surface area contributed by atoms with Gasteiger partial charge in [-0.1, -0.05) is 0 Å². The summed E-state index contributed by atoms with van der Waals surface area (Å²) in [5.41, 5.74) is 0. The van der Waals surface area contributed by atoms with Crippen LogP contribution >= 0.6 is 79.6 Å². The minimum Gasteiger partial charge on any atom is -0.510 e. The van der Waals surface area contributed by atoms with Crippen LogP contribution < -0.4 is 4.65 Å². The van der Waals surface area contributed by atoms with Gasteiger partial charge in [0.25, 0.3) is 0 Å². The number of hydrogen-bond donors (Lipinski definition) is 2. The van der Waals surface area contributed by atoms with Crippen molar-refractivity contribution in [1.29, 1.82) is 0 Å². The Bertz CT molecular complexity index is 368. The first-order valence-corrected chi connectivity index (χ1v) is 7.37. The third-order valence-corrected chi connectivity index (χ3v) is 7.41. The molecular weight excluding hydrogens is 530 g/mol. The monoisotopic (exact) mass is 528 g/mol. The van der Waals surface area contributed by atoms with E-state index in [0.29, 0.717) is 17.9 Å². The Hall–Kier alpha value is 1.40. The molecule has 0 unspecified atom stereocenters.